The molecule has 2 N–H and O–H groups in total. The van der Waals surface area contributed by atoms with Crippen LogP contribution >= 0.6 is 31.9 Å². The van der Waals surface area contributed by atoms with E-state index in [1.165, 1.54) is 5.56 Å². The predicted octanol–water partition coefficient (Wildman–Crippen LogP) is 3.56. The van der Waals surface area contributed by atoms with Crippen molar-refractivity contribution >= 4 is 31.9 Å². The highest BCUT2D eigenvalue weighted by molar-refractivity contribution is 9.13. The van der Waals surface area contributed by atoms with Gasteiger partial charge in [0.2, 0.25) is 0 Å². The van der Waals surface area contributed by atoms with E-state index in [0.717, 1.165) is 46.5 Å². The zero-order chi connectivity index (χ0) is 13.0. The van der Waals surface area contributed by atoms with E-state index in [1.807, 2.05) is 19.2 Å². The molecule has 0 atom stereocenters. The summed E-state index contributed by atoms with van der Waals surface area (Å²) in [4.78, 5) is 0. The monoisotopic (exact) mass is 375 g/mol. The van der Waals surface area contributed by atoms with Gasteiger partial charge in [-0.15, -0.1) is 0 Å². The average Bonchev–Trinajstić information content (AvgIpc) is 2.87. The number of hydrogen-bond donors (Lipinski definition) is 2. The lowest BCUT2D eigenvalue weighted by Crippen LogP contribution is -2.14. The second-order valence-corrected chi connectivity index (χ2v) is 5.71. The minimum Gasteiger partial charge on any atom is -0.452 e. The summed E-state index contributed by atoms with van der Waals surface area (Å²) in [7, 11) is 0. The van der Waals surface area contributed by atoms with Crippen molar-refractivity contribution in [3.8, 4) is 0 Å². The molecule has 0 aromatic carbocycles. The van der Waals surface area contributed by atoms with Gasteiger partial charge >= 0.3 is 0 Å². The second-order valence-electron chi connectivity index (χ2n) is 4.13. The van der Waals surface area contributed by atoms with E-state index in [4.69, 9.17) is 4.42 Å². The number of aromatic amines is 1. The van der Waals surface area contributed by atoms with Crippen LogP contribution in [0.25, 0.3) is 0 Å². The molecule has 2 aromatic rings. The first-order chi connectivity index (χ1) is 8.66. The normalized spacial score (nSPS) is 11.1. The lowest BCUT2D eigenvalue weighted by molar-refractivity contribution is 0.463. The van der Waals surface area contributed by atoms with Gasteiger partial charge in [0.25, 0.3) is 0 Å². The molecule has 2 heterocycles. The molecule has 0 saturated carbocycles. The molecule has 0 unspecified atom stereocenters. The molecule has 0 bridgehead atoms. The number of hydrogen-bond acceptors (Lipinski definition) is 3. The Morgan fingerprint density at radius 3 is 2.89 bits per heavy atom. The Kier molecular flexibility index (Phi) is 5.03. The molecule has 0 aliphatic carbocycles. The van der Waals surface area contributed by atoms with E-state index >= 15 is 0 Å². The smallest absolute Gasteiger partial charge is 0.183 e. The van der Waals surface area contributed by atoms with Crippen LogP contribution in [-0.4, -0.2) is 16.7 Å². The fraction of sp³-hybridized carbons (Fsp3) is 0.417. The van der Waals surface area contributed by atoms with E-state index in [9.17, 15) is 0 Å². The number of halogens is 2. The van der Waals surface area contributed by atoms with E-state index in [2.05, 4.69) is 47.4 Å². The van der Waals surface area contributed by atoms with Gasteiger partial charge in [0, 0.05) is 5.69 Å². The highest BCUT2D eigenvalue weighted by atomic mass is 79.9. The lowest BCUT2D eigenvalue weighted by atomic mass is 10.1. The van der Waals surface area contributed by atoms with Crippen molar-refractivity contribution in [1.82, 2.24) is 15.5 Å². The van der Waals surface area contributed by atoms with Crippen molar-refractivity contribution in [1.29, 1.82) is 0 Å². The van der Waals surface area contributed by atoms with Gasteiger partial charge in [0.15, 0.2) is 4.67 Å². The molecule has 0 aliphatic rings. The molecule has 0 radical (unpaired) electrons. The van der Waals surface area contributed by atoms with Gasteiger partial charge in [0.1, 0.15) is 5.76 Å². The molecule has 4 nitrogen and oxygen atoms in total. The summed E-state index contributed by atoms with van der Waals surface area (Å²) < 4.78 is 7.17. The summed E-state index contributed by atoms with van der Waals surface area (Å²) in [6.07, 6.45) is 4.03. The van der Waals surface area contributed by atoms with Crippen molar-refractivity contribution in [3.05, 3.63) is 38.4 Å². The minimum atomic E-state index is 0.744. The fourth-order valence-corrected chi connectivity index (χ4v) is 2.38. The lowest BCUT2D eigenvalue weighted by Gasteiger charge is -2.02. The Morgan fingerprint density at radius 2 is 2.28 bits per heavy atom. The third-order valence-electron chi connectivity index (χ3n) is 2.73. The van der Waals surface area contributed by atoms with E-state index < -0.39 is 0 Å². The van der Waals surface area contributed by atoms with Gasteiger partial charge in [-0.3, -0.25) is 5.10 Å². The Labute approximate surface area is 123 Å². The molecule has 2 aromatic heterocycles. The molecule has 0 amide bonds. The number of aryl methyl sites for hydroxylation is 2. The molecule has 0 fully saturated rings. The summed E-state index contributed by atoms with van der Waals surface area (Å²) in [6.45, 7) is 3.75. The Balaban J connectivity index is 1.66. The third-order valence-corrected chi connectivity index (χ3v) is 4.44. The standard InChI is InChI=1S/C12H15Br2N3O/c1-8-9(6-16-17-8)3-2-4-15-7-10-5-11(13)12(14)18-10/h5-6,15H,2-4,7H2,1H3,(H,16,17). The van der Waals surface area contributed by atoms with Crippen LogP contribution in [0, 0.1) is 6.92 Å². The molecule has 18 heavy (non-hydrogen) atoms. The fourth-order valence-electron chi connectivity index (χ4n) is 1.72. The summed E-state index contributed by atoms with van der Waals surface area (Å²) >= 11 is 6.72. The van der Waals surface area contributed by atoms with Crippen LogP contribution in [0.1, 0.15) is 23.4 Å². The summed E-state index contributed by atoms with van der Waals surface area (Å²) in [5.41, 5.74) is 2.45. The van der Waals surface area contributed by atoms with Crippen LogP contribution in [0.2, 0.25) is 0 Å². The average molecular weight is 377 g/mol. The first-order valence-electron chi connectivity index (χ1n) is 5.80. The van der Waals surface area contributed by atoms with Gasteiger partial charge in [-0.05, 0) is 69.8 Å². The van der Waals surface area contributed by atoms with Crippen molar-refractivity contribution in [2.24, 2.45) is 0 Å². The number of aromatic nitrogens is 2. The van der Waals surface area contributed by atoms with E-state index in [1.54, 1.807) is 0 Å². The van der Waals surface area contributed by atoms with Crippen LogP contribution in [0.4, 0.5) is 0 Å². The van der Waals surface area contributed by atoms with Crippen LogP contribution in [0.15, 0.2) is 25.8 Å². The Hall–Kier alpha value is -0.590. The Bertz CT molecular complexity index is 488. The van der Waals surface area contributed by atoms with Gasteiger partial charge in [-0.25, -0.2) is 0 Å². The first-order valence-corrected chi connectivity index (χ1v) is 7.38. The van der Waals surface area contributed by atoms with Crippen molar-refractivity contribution in [2.45, 2.75) is 26.3 Å². The molecule has 2 rings (SSSR count). The van der Waals surface area contributed by atoms with Crippen LogP contribution in [0.3, 0.4) is 0 Å². The van der Waals surface area contributed by atoms with Gasteiger partial charge in [0.05, 0.1) is 17.2 Å². The van der Waals surface area contributed by atoms with Gasteiger partial charge < -0.3 is 9.73 Å². The number of rotatable bonds is 6. The summed E-state index contributed by atoms with van der Waals surface area (Å²) in [5, 5.41) is 10.3. The van der Waals surface area contributed by atoms with Crippen molar-refractivity contribution in [3.63, 3.8) is 0 Å². The summed E-state index contributed by atoms with van der Waals surface area (Å²) in [6, 6.07) is 1.97. The molecule has 0 aliphatic heterocycles. The second kappa shape index (κ2) is 6.54. The molecular formula is C12H15Br2N3O. The van der Waals surface area contributed by atoms with E-state index in [-0.39, 0.29) is 0 Å². The molecule has 98 valence electrons. The number of furan rings is 1. The maximum atomic E-state index is 5.48. The quantitative estimate of drug-likeness (QED) is 0.758. The molecule has 0 saturated heterocycles. The van der Waals surface area contributed by atoms with Crippen molar-refractivity contribution in [2.75, 3.05) is 6.54 Å². The van der Waals surface area contributed by atoms with Gasteiger partial charge in [-0.1, -0.05) is 0 Å². The maximum Gasteiger partial charge on any atom is 0.183 e. The highest BCUT2D eigenvalue weighted by Crippen LogP contribution is 2.26. The van der Waals surface area contributed by atoms with Crippen molar-refractivity contribution < 1.29 is 4.42 Å². The predicted molar refractivity (Wildman–Crippen MR) is 77.5 cm³/mol. The highest BCUT2D eigenvalue weighted by Gasteiger charge is 2.05. The van der Waals surface area contributed by atoms with Crippen LogP contribution in [-0.2, 0) is 13.0 Å². The Morgan fingerprint density at radius 1 is 1.44 bits per heavy atom. The topological polar surface area (TPSA) is 53.9 Å². The number of nitrogens with one attached hydrogen (secondary N) is 2. The van der Waals surface area contributed by atoms with E-state index in [0.29, 0.717) is 0 Å². The molecular weight excluding hydrogens is 362 g/mol. The summed E-state index contributed by atoms with van der Waals surface area (Å²) in [5.74, 6) is 0.924. The zero-order valence-electron chi connectivity index (χ0n) is 10.1. The zero-order valence-corrected chi connectivity index (χ0v) is 13.3. The number of H-pyrrole nitrogens is 1. The first kappa shape index (κ1) is 13.8. The maximum absolute atomic E-state index is 5.48. The number of nitrogens with zero attached hydrogens (tertiary/aromatic N) is 1. The molecule has 6 heteroatoms. The van der Waals surface area contributed by atoms with Crippen LogP contribution < -0.4 is 5.32 Å². The van der Waals surface area contributed by atoms with Crippen LogP contribution in [0.5, 0.6) is 0 Å². The largest absolute Gasteiger partial charge is 0.452 e. The SMILES string of the molecule is Cc1[nH]ncc1CCCNCc1cc(Br)c(Br)o1. The third kappa shape index (κ3) is 3.70. The molecule has 0 spiro atoms. The van der Waals surface area contributed by atoms with Gasteiger partial charge in [-0.2, -0.15) is 5.10 Å². The minimum absolute atomic E-state index is 0.744.